The molecule has 29 heavy (non-hydrogen) atoms. The highest BCUT2D eigenvalue weighted by Crippen LogP contribution is 2.21. The highest BCUT2D eigenvalue weighted by molar-refractivity contribution is 7.13. The summed E-state index contributed by atoms with van der Waals surface area (Å²) in [4.78, 5) is 21.4. The number of hydrogen-bond acceptors (Lipinski definition) is 8. The lowest BCUT2D eigenvalue weighted by Gasteiger charge is -2.35. The topological polar surface area (TPSA) is 83.5 Å². The van der Waals surface area contributed by atoms with Gasteiger partial charge in [0.05, 0.1) is 12.7 Å². The second kappa shape index (κ2) is 8.97. The SMILES string of the molecule is COc1ccccc1CN1CCN(c2ccc(C(=O)Nc3nncs3)cn2)CC1. The quantitative estimate of drug-likeness (QED) is 0.668. The number of pyridine rings is 1. The molecule has 1 aliphatic heterocycles. The van der Waals surface area contributed by atoms with Gasteiger partial charge in [-0.15, -0.1) is 10.2 Å². The third-order valence-corrected chi connectivity index (χ3v) is 5.48. The van der Waals surface area contributed by atoms with Gasteiger partial charge in [0, 0.05) is 44.5 Å². The van der Waals surface area contributed by atoms with Crippen LogP contribution in [0.2, 0.25) is 0 Å². The lowest BCUT2D eigenvalue weighted by Crippen LogP contribution is -2.46. The normalized spacial score (nSPS) is 14.6. The number of piperazine rings is 1. The maximum atomic E-state index is 12.2. The maximum Gasteiger partial charge on any atom is 0.259 e. The highest BCUT2D eigenvalue weighted by atomic mass is 32.1. The number of methoxy groups -OCH3 is 1. The third-order valence-electron chi connectivity index (χ3n) is 4.87. The van der Waals surface area contributed by atoms with Crippen molar-refractivity contribution in [3.8, 4) is 5.75 Å². The Bertz CT molecular complexity index is 940. The van der Waals surface area contributed by atoms with E-state index >= 15 is 0 Å². The zero-order valence-corrected chi connectivity index (χ0v) is 16.9. The number of hydrogen-bond donors (Lipinski definition) is 1. The molecule has 0 bridgehead atoms. The molecule has 0 spiro atoms. The average molecular weight is 411 g/mol. The molecule has 3 heterocycles. The molecule has 1 N–H and O–H groups in total. The summed E-state index contributed by atoms with van der Waals surface area (Å²) < 4.78 is 5.45. The van der Waals surface area contributed by atoms with Gasteiger partial charge in [-0.05, 0) is 18.2 Å². The first kappa shape index (κ1) is 19.3. The Hall–Kier alpha value is -3.04. The van der Waals surface area contributed by atoms with E-state index in [0.29, 0.717) is 10.7 Å². The van der Waals surface area contributed by atoms with Gasteiger partial charge in [-0.3, -0.25) is 15.0 Å². The molecule has 8 nitrogen and oxygen atoms in total. The molecule has 1 saturated heterocycles. The Balaban J connectivity index is 1.32. The predicted molar refractivity (Wildman–Crippen MR) is 113 cm³/mol. The summed E-state index contributed by atoms with van der Waals surface area (Å²) in [5.74, 6) is 1.58. The Morgan fingerprint density at radius 3 is 2.69 bits per heavy atom. The Morgan fingerprint density at radius 2 is 2.00 bits per heavy atom. The van der Waals surface area contributed by atoms with E-state index in [-0.39, 0.29) is 5.91 Å². The lowest BCUT2D eigenvalue weighted by atomic mass is 10.1. The van der Waals surface area contributed by atoms with Crippen LogP contribution in [0.4, 0.5) is 10.9 Å². The van der Waals surface area contributed by atoms with E-state index in [1.165, 1.54) is 16.9 Å². The van der Waals surface area contributed by atoms with Gasteiger partial charge in [0.1, 0.15) is 17.1 Å². The Labute approximate surface area is 173 Å². The minimum Gasteiger partial charge on any atom is -0.496 e. The number of para-hydroxylation sites is 1. The van der Waals surface area contributed by atoms with Crippen LogP contribution in [0, 0.1) is 0 Å². The van der Waals surface area contributed by atoms with Gasteiger partial charge < -0.3 is 9.64 Å². The lowest BCUT2D eigenvalue weighted by molar-refractivity contribution is 0.102. The first-order valence-electron chi connectivity index (χ1n) is 9.35. The molecular weight excluding hydrogens is 388 g/mol. The van der Waals surface area contributed by atoms with Crippen molar-refractivity contribution in [2.75, 3.05) is 43.5 Å². The molecule has 1 aliphatic rings. The van der Waals surface area contributed by atoms with Gasteiger partial charge in [0.15, 0.2) is 0 Å². The van der Waals surface area contributed by atoms with E-state index in [0.717, 1.165) is 44.3 Å². The van der Waals surface area contributed by atoms with E-state index in [1.54, 1.807) is 24.9 Å². The Morgan fingerprint density at radius 1 is 1.17 bits per heavy atom. The number of anilines is 2. The van der Waals surface area contributed by atoms with Crippen LogP contribution >= 0.6 is 11.3 Å². The number of nitrogens with one attached hydrogen (secondary N) is 1. The molecule has 9 heteroatoms. The summed E-state index contributed by atoms with van der Waals surface area (Å²) in [6.07, 6.45) is 1.60. The van der Waals surface area contributed by atoms with Crippen molar-refractivity contribution in [1.82, 2.24) is 20.1 Å². The number of ether oxygens (including phenoxy) is 1. The maximum absolute atomic E-state index is 12.2. The third kappa shape index (κ3) is 4.69. The molecule has 4 rings (SSSR count). The van der Waals surface area contributed by atoms with Gasteiger partial charge in [-0.2, -0.15) is 0 Å². The summed E-state index contributed by atoms with van der Waals surface area (Å²) in [6.45, 7) is 4.53. The van der Waals surface area contributed by atoms with Gasteiger partial charge in [-0.1, -0.05) is 29.5 Å². The molecule has 0 radical (unpaired) electrons. The fourth-order valence-electron chi connectivity index (χ4n) is 3.31. The molecular formula is C20H22N6O2S. The molecule has 0 saturated carbocycles. The number of rotatable bonds is 6. The zero-order valence-electron chi connectivity index (χ0n) is 16.1. The van der Waals surface area contributed by atoms with Crippen LogP contribution in [-0.4, -0.2) is 59.3 Å². The first-order chi connectivity index (χ1) is 14.2. The number of carbonyl (C=O) groups is 1. The predicted octanol–water partition coefficient (Wildman–Crippen LogP) is 2.52. The highest BCUT2D eigenvalue weighted by Gasteiger charge is 2.19. The standard InChI is InChI=1S/C20H22N6O2S/c1-28-17-5-3-2-4-16(17)13-25-8-10-26(11-9-25)18-7-6-15(12-21-18)19(27)23-20-24-22-14-29-20/h2-7,12,14H,8-11,13H2,1H3,(H,23,24,27). The van der Waals surface area contributed by atoms with Crippen molar-refractivity contribution in [3.63, 3.8) is 0 Å². The summed E-state index contributed by atoms with van der Waals surface area (Å²) in [6, 6.07) is 11.8. The number of carbonyl (C=O) groups excluding carboxylic acids is 1. The van der Waals surface area contributed by atoms with Crippen molar-refractivity contribution in [2.24, 2.45) is 0 Å². The van der Waals surface area contributed by atoms with Crippen molar-refractivity contribution in [2.45, 2.75) is 6.54 Å². The van der Waals surface area contributed by atoms with Crippen molar-refractivity contribution in [1.29, 1.82) is 0 Å². The fraction of sp³-hybridized carbons (Fsp3) is 0.300. The molecule has 0 atom stereocenters. The number of nitrogens with zero attached hydrogens (tertiary/aromatic N) is 5. The molecule has 1 amide bonds. The Kier molecular flexibility index (Phi) is 5.97. The molecule has 2 aromatic heterocycles. The van der Waals surface area contributed by atoms with E-state index in [2.05, 4.69) is 36.4 Å². The summed E-state index contributed by atoms with van der Waals surface area (Å²) >= 11 is 1.28. The second-order valence-electron chi connectivity index (χ2n) is 6.68. The second-order valence-corrected chi connectivity index (χ2v) is 7.51. The van der Waals surface area contributed by atoms with Gasteiger partial charge >= 0.3 is 0 Å². The van der Waals surface area contributed by atoms with Crippen LogP contribution in [0.25, 0.3) is 0 Å². The molecule has 1 fully saturated rings. The van der Waals surface area contributed by atoms with E-state index in [9.17, 15) is 4.79 Å². The van der Waals surface area contributed by atoms with E-state index in [1.807, 2.05) is 24.3 Å². The van der Waals surface area contributed by atoms with Crippen LogP contribution in [0.1, 0.15) is 15.9 Å². The average Bonchev–Trinajstić information content (AvgIpc) is 3.28. The van der Waals surface area contributed by atoms with E-state index in [4.69, 9.17) is 4.74 Å². The molecule has 3 aromatic rings. The largest absolute Gasteiger partial charge is 0.496 e. The molecule has 1 aromatic carbocycles. The fourth-order valence-corrected chi connectivity index (χ4v) is 3.75. The van der Waals surface area contributed by atoms with Crippen LogP contribution in [0.3, 0.4) is 0 Å². The monoisotopic (exact) mass is 410 g/mol. The van der Waals surface area contributed by atoms with Crippen LogP contribution in [-0.2, 0) is 6.54 Å². The summed E-state index contributed by atoms with van der Waals surface area (Å²) in [5, 5.41) is 10.7. The number of aromatic nitrogens is 3. The smallest absolute Gasteiger partial charge is 0.259 e. The van der Waals surface area contributed by atoms with Gasteiger partial charge in [0.2, 0.25) is 5.13 Å². The number of benzene rings is 1. The number of amides is 1. The summed E-state index contributed by atoms with van der Waals surface area (Å²) in [5.41, 5.74) is 3.27. The van der Waals surface area contributed by atoms with Crippen LogP contribution in [0.15, 0.2) is 48.1 Å². The first-order valence-corrected chi connectivity index (χ1v) is 10.2. The zero-order chi connectivity index (χ0) is 20.1. The minimum absolute atomic E-state index is 0.234. The van der Waals surface area contributed by atoms with Crippen LogP contribution in [0.5, 0.6) is 5.75 Å². The van der Waals surface area contributed by atoms with Gasteiger partial charge in [-0.25, -0.2) is 4.98 Å². The minimum atomic E-state index is -0.234. The van der Waals surface area contributed by atoms with Crippen molar-refractivity contribution >= 4 is 28.2 Å². The summed E-state index contributed by atoms with van der Waals surface area (Å²) in [7, 11) is 1.71. The molecule has 150 valence electrons. The van der Waals surface area contributed by atoms with Crippen molar-refractivity contribution in [3.05, 3.63) is 59.2 Å². The molecule has 0 unspecified atom stereocenters. The van der Waals surface area contributed by atoms with Crippen molar-refractivity contribution < 1.29 is 9.53 Å². The van der Waals surface area contributed by atoms with Crippen LogP contribution < -0.4 is 15.0 Å². The van der Waals surface area contributed by atoms with E-state index < -0.39 is 0 Å². The molecule has 0 aliphatic carbocycles. The van der Waals surface area contributed by atoms with Gasteiger partial charge in [0.25, 0.3) is 5.91 Å².